The van der Waals surface area contributed by atoms with E-state index in [1.54, 1.807) is 18.2 Å². The van der Waals surface area contributed by atoms with E-state index in [0.29, 0.717) is 17.0 Å². The van der Waals surface area contributed by atoms with Gasteiger partial charge in [0, 0.05) is 11.8 Å². The number of anilines is 1. The fraction of sp³-hybridized carbons (Fsp3) is 0.133. The minimum Gasteiger partial charge on any atom is -0.457 e. The Balaban J connectivity index is 2.32. The first-order valence-electron chi connectivity index (χ1n) is 5.65. The Kier molecular flexibility index (Phi) is 3.20. The third kappa shape index (κ3) is 2.44. The normalized spacial score (nSPS) is 9.83. The smallest absolute Gasteiger partial charge is 0.130 e. The molecule has 0 fully saturated rings. The second-order valence-electron chi connectivity index (χ2n) is 4.23. The molecule has 0 heterocycles. The summed E-state index contributed by atoms with van der Waals surface area (Å²) in [7, 11) is 0. The molecule has 0 atom stereocenters. The average Bonchev–Trinajstić information content (AvgIpc) is 2.35. The second-order valence-corrected chi connectivity index (χ2v) is 4.23. The second kappa shape index (κ2) is 4.80. The van der Waals surface area contributed by atoms with E-state index in [-0.39, 0.29) is 0 Å². The number of nitrogen functional groups attached to an aromatic ring is 1. The molecular weight excluding hydrogens is 224 g/mol. The summed E-state index contributed by atoms with van der Waals surface area (Å²) in [5, 5.41) is 8.91. The fourth-order valence-electron chi connectivity index (χ4n) is 1.74. The number of hydrogen-bond acceptors (Lipinski definition) is 3. The molecule has 0 radical (unpaired) electrons. The fourth-order valence-corrected chi connectivity index (χ4v) is 1.74. The molecule has 0 amide bonds. The van der Waals surface area contributed by atoms with Crippen molar-refractivity contribution in [3.8, 4) is 17.6 Å². The summed E-state index contributed by atoms with van der Waals surface area (Å²) in [5.74, 6) is 1.40. The van der Waals surface area contributed by atoms with Crippen LogP contribution in [0.15, 0.2) is 36.4 Å². The zero-order chi connectivity index (χ0) is 13.1. The minimum atomic E-state index is 0.428. The van der Waals surface area contributed by atoms with Crippen molar-refractivity contribution in [2.24, 2.45) is 0 Å². The van der Waals surface area contributed by atoms with E-state index >= 15 is 0 Å². The number of ether oxygens (including phenoxy) is 1. The lowest BCUT2D eigenvalue weighted by Crippen LogP contribution is -1.92. The Hall–Kier alpha value is -2.47. The molecule has 0 bridgehead atoms. The van der Waals surface area contributed by atoms with Crippen molar-refractivity contribution in [2.75, 3.05) is 5.73 Å². The molecule has 3 heteroatoms. The standard InChI is InChI=1S/C15H14N2O/c1-10-3-6-15(11(2)7-10)18-13-4-5-14(17)12(8-13)9-16/h3-8H,17H2,1-2H3. The summed E-state index contributed by atoms with van der Waals surface area (Å²) >= 11 is 0. The summed E-state index contributed by atoms with van der Waals surface area (Å²) in [6.07, 6.45) is 0. The molecule has 2 aromatic rings. The quantitative estimate of drug-likeness (QED) is 0.814. The van der Waals surface area contributed by atoms with Gasteiger partial charge in [-0.3, -0.25) is 0 Å². The van der Waals surface area contributed by atoms with Crippen LogP contribution in [-0.4, -0.2) is 0 Å². The van der Waals surface area contributed by atoms with Crippen LogP contribution in [-0.2, 0) is 0 Å². The topological polar surface area (TPSA) is 59.0 Å². The lowest BCUT2D eigenvalue weighted by atomic mass is 10.1. The van der Waals surface area contributed by atoms with Crippen LogP contribution in [0, 0.1) is 25.2 Å². The van der Waals surface area contributed by atoms with Crippen molar-refractivity contribution >= 4 is 5.69 Å². The highest BCUT2D eigenvalue weighted by molar-refractivity contribution is 5.57. The molecule has 2 aromatic carbocycles. The van der Waals surface area contributed by atoms with Gasteiger partial charge >= 0.3 is 0 Å². The number of hydrogen-bond donors (Lipinski definition) is 1. The van der Waals surface area contributed by atoms with Crippen molar-refractivity contribution in [1.82, 2.24) is 0 Å². The SMILES string of the molecule is Cc1ccc(Oc2ccc(N)c(C#N)c2)c(C)c1. The van der Waals surface area contributed by atoms with Crippen LogP contribution >= 0.6 is 0 Å². The molecule has 18 heavy (non-hydrogen) atoms. The number of nitriles is 1. The summed E-state index contributed by atoms with van der Waals surface area (Å²) in [4.78, 5) is 0. The van der Waals surface area contributed by atoms with E-state index in [4.69, 9.17) is 15.7 Å². The predicted molar refractivity (Wildman–Crippen MR) is 71.6 cm³/mol. The number of nitrogens with two attached hydrogens (primary N) is 1. The predicted octanol–water partition coefficient (Wildman–Crippen LogP) is 3.55. The van der Waals surface area contributed by atoms with E-state index in [1.807, 2.05) is 32.0 Å². The van der Waals surface area contributed by atoms with Gasteiger partial charge < -0.3 is 10.5 Å². The third-order valence-corrected chi connectivity index (χ3v) is 2.70. The maximum absolute atomic E-state index is 8.91. The van der Waals surface area contributed by atoms with Crippen molar-refractivity contribution in [1.29, 1.82) is 5.26 Å². The van der Waals surface area contributed by atoms with Gasteiger partial charge in [0.2, 0.25) is 0 Å². The molecule has 90 valence electrons. The zero-order valence-corrected chi connectivity index (χ0v) is 10.4. The summed E-state index contributed by atoms with van der Waals surface area (Å²) in [5.41, 5.74) is 8.81. The molecule has 0 aromatic heterocycles. The van der Waals surface area contributed by atoms with Crippen molar-refractivity contribution in [2.45, 2.75) is 13.8 Å². The molecule has 0 aliphatic carbocycles. The van der Waals surface area contributed by atoms with E-state index in [9.17, 15) is 0 Å². The Bertz CT molecular complexity index is 627. The number of aryl methyl sites for hydroxylation is 2. The molecule has 2 rings (SSSR count). The van der Waals surface area contributed by atoms with Crippen molar-refractivity contribution in [3.05, 3.63) is 53.1 Å². The lowest BCUT2D eigenvalue weighted by Gasteiger charge is -2.10. The Morgan fingerprint density at radius 3 is 2.56 bits per heavy atom. The molecule has 0 saturated carbocycles. The van der Waals surface area contributed by atoms with Crippen molar-refractivity contribution in [3.63, 3.8) is 0 Å². The molecule has 0 saturated heterocycles. The van der Waals surface area contributed by atoms with Crippen molar-refractivity contribution < 1.29 is 4.74 Å². The Morgan fingerprint density at radius 2 is 1.89 bits per heavy atom. The van der Waals surface area contributed by atoms with Gasteiger partial charge in [-0.05, 0) is 37.6 Å². The first kappa shape index (κ1) is 12.0. The van der Waals surface area contributed by atoms with Crippen LogP contribution in [0.25, 0.3) is 0 Å². The highest BCUT2D eigenvalue weighted by atomic mass is 16.5. The highest BCUT2D eigenvalue weighted by Crippen LogP contribution is 2.27. The van der Waals surface area contributed by atoms with E-state index in [2.05, 4.69) is 6.07 Å². The third-order valence-electron chi connectivity index (χ3n) is 2.70. The first-order valence-corrected chi connectivity index (χ1v) is 5.65. The van der Waals surface area contributed by atoms with Gasteiger partial charge in [0.15, 0.2) is 0 Å². The summed E-state index contributed by atoms with van der Waals surface area (Å²) < 4.78 is 5.75. The highest BCUT2D eigenvalue weighted by Gasteiger charge is 2.04. The van der Waals surface area contributed by atoms with Crippen LogP contribution in [0.4, 0.5) is 5.69 Å². The van der Waals surface area contributed by atoms with Crippen LogP contribution in [0.5, 0.6) is 11.5 Å². The Labute approximate surface area is 106 Å². The van der Waals surface area contributed by atoms with Gasteiger partial charge in [-0.25, -0.2) is 0 Å². The largest absolute Gasteiger partial charge is 0.457 e. The van der Waals surface area contributed by atoms with Crippen LogP contribution in [0.1, 0.15) is 16.7 Å². The van der Waals surface area contributed by atoms with Gasteiger partial charge in [-0.15, -0.1) is 0 Å². The van der Waals surface area contributed by atoms with E-state index < -0.39 is 0 Å². The monoisotopic (exact) mass is 238 g/mol. The first-order chi connectivity index (χ1) is 8.60. The molecule has 0 aliphatic rings. The number of benzene rings is 2. The van der Waals surface area contributed by atoms with Gasteiger partial charge in [-0.1, -0.05) is 17.7 Å². The maximum atomic E-state index is 8.91. The van der Waals surface area contributed by atoms with Crippen LogP contribution in [0.3, 0.4) is 0 Å². The van der Waals surface area contributed by atoms with Gasteiger partial charge in [0.05, 0.1) is 5.56 Å². The van der Waals surface area contributed by atoms with Crippen LogP contribution < -0.4 is 10.5 Å². The molecule has 0 unspecified atom stereocenters. The van der Waals surface area contributed by atoms with Gasteiger partial charge in [-0.2, -0.15) is 5.26 Å². The molecule has 2 N–H and O–H groups in total. The summed E-state index contributed by atoms with van der Waals surface area (Å²) in [6, 6.07) is 13.1. The number of nitrogens with zero attached hydrogens (tertiary/aromatic N) is 1. The van der Waals surface area contributed by atoms with Crippen LogP contribution in [0.2, 0.25) is 0 Å². The maximum Gasteiger partial charge on any atom is 0.130 e. The molecule has 0 aliphatic heterocycles. The van der Waals surface area contributed by atoms with E-state index in [0.717, 1.165) is 11.3 Å². The van der Waals surface area contributed by atoms with E-state index in [1.165, 1.54) is 5.56 Å². The minimum absolute atomic E-state index is 0.428. The molecule has 3 nitrogen and oxygen atoms in total. The molecule has 0 spiro atoms. The average molecular weight is 238 g/mol. The van der Waals surface area contributed by atoms with Gasteiger partial charge in [0.1, 0.15) is 17.6 Å². The lowest BCUT2D eigenvalue weighted by molar-refractivity contribution is 0.478. The Morgan fingerprint density at radius 1 is 1.11 bits per heavy atom. The summed E-state index contributed by atoms with van der Waals surface area (Å²) in [6.45, 7) is 4.03. The zero-order valence-electron chi connectivity index (χ0n) is 10.4. The van der Waals surface area contributed by atoms with Gasteiger partial charge in [0.25, 0.3) is 0 Å². The molecular formula is C15H14N2O. The number of rotatable bonds is 2.